The fourth-order valence-electron chi connectivity index (χ4n) is 3.96. The molecule has 1 aromatic carbocycles. The third kappa shape index (κ3) is 5.79. The van der Waals surface area contributed by atoms with Crippen LogP contribution in [0.1, 0.15) is 42.5 Å². The van der Waals surface area contributed by atoms with Gasteiger partial charge in [-0.05, 0) is 43.7 Å². The Balaban J connectivity index is 1.54. The molecule has 6 heteroatoms. The second-order valence-corrected chi connectivity index (χ2v) is 8.11. The maximum atomic E-state index is 12.6. The van der Waals surface area contributed by atoms with Crippen molar-refractivity contribution in [2.24, 2.45) is 5.92 Å². The molecule has 0 bridgehead atoms. The van der Waals surface area contributed by atoms with Gasteiger partial charge in [0, 0.05) is 57.9 Å². The zero-order valence-electron chi connectivity index (χ0n) is 17.1. The van der Waals surface area contributed by atoms with E-state index in [0.717, 1.165) is 25.3 Å². The second-order valence-electron chi connectivity index (χ2n) is 8.11. The van der Waals surface area contributed by atoms with Gasteiger partial charge in [0.05, 0.1) is 6.61 Å². The Morgan fingerprint density at radius 3 is 2.54 bits per heavy atom. The standard InChI is InChI=1S/C22H33N3O3/c1-24(12-13-28-2)21(26)14-19-10-11-20(25(19)16-17-8-9-17)15-23-22(27)18-6-4-3-5-7-18/h3-7,17,19-20H,8-16H2,1-2H3,(H,23,27)/t19-,20+/m1/s1. The van der Waals surface area contributed by atoms with Crippen molar-refractivity contribution in [2.75, 3.05) is 40.4 Å². The molecule has 1 aliphatic heterocycles. The van der Waals surface area contributed by atoms with Crippen molar-refractivity contribution in [3.63, 3.8) is 0 Å². The van der Waals surface area contributed by atoms with Gasteiger partial charge in [-0.15, -0.1) is 0 Å². The predicted octanol–water partition coefficient (Wildman–Crippen LogP) is 2.15. The van der Waals surface area contributed by atoms with Gasteiger partial charge in [-0.2, -0.15) is 0 Å². The van der Waals surface area contributed by atoms with Gasteiger partial charge in [0.25, 0.3) is 5.91 Å². The van der Waals surface area contributed by atoms with Crippen molar-refractivity contribution in [1.29, 1.82) is 0 Å². The van der Waals surface area contributed by atoms with Crippen LogP contribution < -0.4 is 5.32 Å². The summed E-state index contributed by atoms with van der Waals surface area (Å²) in [5.41, 5.74) is 0.695. The Morgan fingerprint density at radius 1 is 1.14 bits per heavy atom. The summed E-state index contributed by atoms with van der Waals surface area (Å²) >= 11 is 0. The minimum absolute atomic E-state index is 0.0224. The zero-order chi connectivity index (χ0) is 19.9. The fourth-order valence-corrected chi connectivity index (χ4v) is 3.96. The molecule has 2 amide bonds. The molecular formula is C22H33N3O3. The highest BCUT2D eigenvalue weighted by molar-refractivity contribution is 5.94. The van der Waals surface area contributed by atoms with E-state index in [0.29, 0.717) is 37.7 Å². The van der Waals surface area contributed by atoms with Crippen LogP contribution in [0.2, 0.25) is 0 Å². The molecule has 1 heterocycles. The Hall–Kier alpha value is -1.92. The van der Waals surface area contributed by atoms with Gasteiger partial charge >= 0.3 is 0 Å². The van der Waals surface area contributed by atoms with E-state index in [1.54, 1.807) is 12.0 Å². The number of methoxy groups -OCH3 is 1. The third-order valence-corrected chi connectivity index (χ3v) is 5.94. The van der Waals surface area contributed by atoms with E-state index in [2.05, 4.69) is 10.2 Å². The summed E-state index contributed by atoms with van der Waals surface area (Å²) in [6.45, 7) is 2.88. The Morgan fingerprint density at radius 2 is 1.86 bits per heavy atom. The lowest BCUT2D eigenvalue weighted by atomic mass is 10.1. The number of benzene rings is 1. The van der Waals surface area contributed by atoms with E-state index < -0.39 is 0 Å². The first-order valence-electron chi connectivity index (χ1n) is 10.4. The Labute approximate surface area is 168 Å². The molecule has 2 aliphatic rings. The summed E-state index contributed by atoms with van der Waals surface area (Å²) in [5, 5.41) is 3.10. The maximum Gasteiger partial charge on any atom is 0.251 e. The van der Waals surface area contributed by atoms with Crippen LogP contribution >= 0.6 is 0 Å². The van der Waals surface area contributed by atoms with E-state index in [-0.39, 0.29) is 17.9 Å². The van der Waals surface area contributed by atoms with Crippen LogP contribution in [0.25, 0.3) is 0 Å². The normalized spacial score (nSPS) is 22.2. The monoisotopic (exact) mass is 387 g/mol. The first-order chi connectivity index (χ1) is 13.6. The number of amides is 2. The molecule has 1 saturated heterocycles. The number of nitrogens with one attached hydrogen (secondary N) is 1. The van der Waals surface area contributed by atoms with Crippen molar-refractivity contribution in [3.8, 4) is 0 Å². The van der Waals surface area contributed by atoms with Gasteiger partial charge in [-0.25, -0.2) is 0 Å². The summed E-state index contributed by atoms with van der Waals surface area (Å²) in [4.78, 5) is 29.2. The van der Waals surface area contributed by atoms with E-state index in [4.69, 9.17) is 4.74 Å². The molecule has 3 rings (SSSR count). The highest BCUT2D eigenvalue weighted by atomic mass is 16.5. The first-order valence-corrected chi connectivity index (χ1v) is 10.4. The van der Waals surface area contributed by atoms with E-state index >= 15 is 0 Å². The van der Waals surface area contributed by atoms with Crippen molar-refractivity contribution in [1.82, 2.24) is 15.1 Å². The minimum atomic E-state index is -0.0224. The van der Waals surface area contributed by atoms with Crippen LogP contribution in [-0.2, 0) is 9.53 Å². The molecule has 0 spiro atoms. The third-order valence-electron chi connectivity index (χ3n) is 5.94. The van der Waals surface area contributed by atoms with Crippen LogP contribution in [0.15, 0.2) is 30.3 Å². The molecule has 1 aromatic rings. The molecule has 2 atom stereocenters. The summed E-state index contributed by atoms with van der Waals surface area (Å²) in [5.74, 6) is 0.914. The van der Waals surface area contributed by atoms with Crippen LogP contribution in [0.5, 0.6) is 0 Å². The van der Waals surface area contributed by atoms with Crippen molar-refractivity contribution in [3.05, 3.63) is 35.9 Å². The number of hydrogen-bond donors (Lipinski definition) is 1. The molecule has 2 fully saturated rings. The zero-order valence-corrected chi connectivity index (χ0v) is 17.1. The lowest BCUT2D eigenvalue weighted by molar-refractivity contribution is -0.131. The number of rotatable bonds is 10. The topological polar surface area (TPSA) is 61.9 Å². The number of likely N-dealkylation sites (N-methyl/N-ethyl adjacent to an activating group) is 1. The number of nitrogens with zero attached hydrogens (tertiary/aromatic N) is 2. The van der Waals surface area contributed by atoms with Gasteiger partial charge in [-0.1, -0.05) is 18.2 Å². The molecule has 1 aliphatic carbocycles. The highest BCUT2D eigenvalue weighted by Gasteiger charge is 2.38. The lowest BCUT2D eigenvalue weighted by Gasteiger charge is -2.31. The summed E-state index contributed by atoms with van der Waals surface area (Å²) in [6, 6.07) is 9.94. The number of carbonyl (C=O) groups is 2. The number of likely N-dealkylation sites (tertiary alicyclic amines) is 1. The van der Waals surface area contributed by atoms with Gasteiger partial charge in [0.15, 0.2) is 0 Å². The molecule has 0 radical (unpaired) electrons. The molecule has 0 aromatic heterocycles. The highest BCUT2D eigenvalue weighted by Crippen LogP contribution is 2.35. The van der Waals surface area contributed by atoms with E-state index in [9.17, 15) is 9.59 Å². The molecule has 1 saturated carbocycles. The van der Waals surface area contributed by atoms with Gasteiger partial charge in [-0.3, -0.25) is 14.5 Å². The Bertz CT molecular complexity index is 648. The molecule has 1 N–H and O–H groups in total. The molecular weight excluding hydrogens is 354 g/mol. The van der Waals surface area contributed by atoms with Crippen LogP contribution in [0.3, 0.4) is 0 Å². The average molecular weight is 388 g/mol. The SMILES string of the molecule is COCCN(C)C(=O)C[C@H]1CC[C@@H](CNC(=O)c2ccccc2)N1CC1CC1. The van der Waals surface area contributed by atoms with Crippen LogP contribution in [0.4, 0.5) is 0 Å². The van der Waals surface area contributed by atoms with Crippen LogP contribution in [0, 0.1) is 5.92 Å². The van der Waals surface area contributed by atoms with Gasteiger partial charge in [0.2, 0.25) is 5.91 Å². The van der Waals surface area contributed by atoms with Crippen molar-refractivity contribution < 1.29 is 14.3 Å². The fraction of sp³-hybridized carbons (Fsp3) is 0.636. The average Bonchev–Trinajstić information content (AvgIpc) is 3.46. The van der Waals surface area contributed by atoms with Gasteiger partial charge in [0.1, 0.15) is 0 Å². The Kier molecular flexibility index (Phi) is 7.45. The summed E-state index contributed by atoms with van der Waals surface area (Å²) in [7, 11) is 3.50. The van der Waals surface area contributed by atoms with Crippen molar-refractivity contribution in [2.45, 2.75) is 44.2 Å². The number of carbonyl (C=O) groups excluding carboxylic acids is 2. The quantitative estimate of drug-likeness (QED) is 0.668. The van der Waals surface area contributed by atoms with E-state index in [1.807, 2.05) is 37.4 Å². The van der Waals surface area contributed by atoms with Crippen molar-refractivity contribution >= 4 is 11.8 Å². The van der Waals surface area contributed by atoms with E-state index in [1.165, 1.54) is 12.8 Å². The first kappa shape index (κ1) is 20.8. The van der Waals surface area contributed by atoms with Gasteiger partial charge < -0.3 is 15.0 Å². The number of hydrogen-bond acceptors (Lipinski definition) is 4. The molecule has 6 nitrogen and oxygen atoms in total. The number of ether oxygens (including phenoxy) is 1. The predicted molar refractivity (Wildman–Crippen MR) is 109 cm³/mol. The summed E-state index contributed by atoms with van der Waals surface area (Å²) < 4.78 is 5.08. The smallest absolute Gasteiger partial charge is 0.251 e. The maximum absolute atomic E-state index is 12.6. The lowest BCUT2D eigenvalue weighted by Crippen LogP contribution is -2.45. The largest absolute Gasteiger partial charge is 0.383 e. The minimum Gasteiger partial charge on any atom is -0.383 e. The second kappa shape index (κ2) is 10.0. The molecule has 0 unspecified atom stereocenters. The summed E-state index contributed by atoms with van der Waals surface area (Å²) in [6.07, 6.45) is 5.17. The van der Waals surface area contributed by atoms with Crippen LogP contribution in [-0.4, -0.2) is 74.1 Å². The molecule has 154 valence electrons. The molecule has 28 heavy (non-hydrogen) atoms.